The van der Waals surface area contributed by atoms with Crippen LogP contribution < -0.4 is 0 Å². The van der Waals surface area contributed by atoms with E-state index >= 15 is 0 Å². The van der Waals surface area contributed by atoms with Crippen LogP contribution in [0, 0.1) is 25.5 Å². The molecule has 2 aromatic rings. The number of rotatable bonds is 2. The zero-order chi connectivity index (χ0) is 13.3. The molecule has 0 bridgehead atoms. The molecule has 2 rings (SSSR count). The van der Waals surface area contributed by atoms with Gasteiger partial charge in [0.2, 0.25) is 0 Å². The summed E-state index contributed by atoms with van der Waals surface area (Å²) in [6.45, 7) is 3.51. The van der Waals surface area contributed by atoms with Crippen molar-refractivity contribution in [2.75, 3.05) is 0 Å². The molecular formula is C14H11F2NO. The van der Waals surface area contributed by atoms with Crippen LogP contribution in [0.1, 0.15) is 27.3 Å². The molecule has 0 fully saturated rings. The van der Waals surface area contributed by atoms with Crippen molar-refractivity contribution in [2.45, 2.75) is 13.8 Å². The fourth-order valence-electron chi connectivity index (χ4n) is 1.79. The number of halogens is 2. The van der Waals surface area contributed by atoms with Crippen LogP contribution in [0.15, 0.2) is 30.3 Å². The summed E-state index contributed by atoms with van der Waals surface area (Å²) in [5.41, 5.74) is 1.58. The highest BCUT2D eigenvalue weighted by Crippen LogP contribution is 2.16. The molecule has 0 aliphatic rings. The lowest BCUT2D eigenvalue weighted by Gasteiger charge is -2.05. The first kappa shape index (κ1) is 12.4. The standard InChI is InChI=1S/C14H11F2NO/c1-8-5-10(6-9(2)17-8)14(18)12-4-3-11(15)7-13(12)16/h3-7H,1-2H3. The van der Waals surface area contributed by atoms with Gasteiger partial charge in [0.1, 0.15) is 11.6 Å². The third kappa shape index (κ3) is 2.42. The highest BCUT2D eigenvalue weighted by atomic mass is 19.1. The van der Waals surface area contributed by atoms with E-state index in [-0.39, 0.29) is 5.56 Å². The number of nitrogens with zero attached hydrogens (tertiary/aromatic N) is 1. The molecule has 0 unspecified atom stereocenters. The van der Waals surface area contributed by atoms with Crippen LogP contribution in [-0.4, -0.2) is 10.8 Å². The SMILES string of the molecule is Cc1cc(C(=O)c2ccc(F)cc2F)cc(C)n1. The van der Waals surface area contributed by atoms with Gasteiger partial charge in [-0.15, -0.1) is 0 Å². The van der Waals surface area contributed by atoms with Crippen molar-refractivity contribution in [2.24, 2.45) is 0 Å². The minimum atomic E-state index is -0.855. The number of carbonyl (C=O) groups excluding carboxylic acids is 1. The molecule has 1 heterocycles. The van der Waals surface area contributed by atoms with E-state index in [0.717, 1.165) is 12.1 Å². The summed E-state index contributed by atoms with van der Waals surface area (Å²) in [5.74, 6) is -2.03. The van der Waals surface area contributed by atoms with Crippen molar-refractivity contribution in [3.63, 3.8) is 0 Å². The molecule has 0 radical (unpaired) electrons. The maximum absolute atomic E-state index is 13.5. The Kier molecular flexibility index (Phi) is 3.19. The highest BCUT2D eigenvalue weighted by molar-refractivity contribution is 6.09. The number of pyridine rings is 1. The molecule has 0 N–H and O–H groups in total. The van der Waals surface area contributed by atoms with Gasteiger partial charge in [0.25, 0.3) is 0 Å². The molecular weight excluding hydrogens is 236 g/mol. The van der Waals surface area contributed by atoms with Crippen molar-refractivity contribution in [3.05, 3.63) is 64.5 Å². The Morgan fingerprint density at radius 3 is 2.22 bits per heavy atom. The summed E-state index contributed by atoms with van der Waals surface area (Å²) in [4.78, 5) is 16.2. The molecule has 18 heavy (non-hydrogen) atoms. The monoisotopic (exact) mass is 247 g/mol. The molecule has 1 aromatic carbocycles. The zero-order valence-corrected chi connectivity index (χ0v) is 10.00. The molecule has 0 atom stereocenters. The second-order valence-corrected chi connectivity index (χ2v) is 4.09. The van der Waals surface area contributed by atoms with Gasteiger partial charge in [-0.1, -0.05) is 0 Å². The van der Waals surface area contributed by atoms with Gasteiger partial charge in [0.05, 0.1) is 5.56 Å². The number of ketones is 1. The summed E-state index contributed by atoms with van der Waals surface area (Å²) in [5, 5.41) is 0. The van der Waals surface area contributed by atoms with Crippen LogP contribution in [0.3, 0.4) is 0 Å². The number of aromatic nitrogens is 1. The number of hydrogen-bond acceptors (Lipinski definition) is 2. The smallest absolute Gasteiger partial charge is 0.196 e. The Labute approximate surface area is 103 Å². The molecule has 0 amide bonds. The fourth-order valence-corrected chi connectivity index (χ4v) is 1.79. The molecule has 2 nitrogen and oxygen atoms in total. The average molecular weight is 247 g/mol. The van der Waals surface area contributed by atoms with Gasteiger partial charge >= 0.3 is 0 Å². The molecule has 92 valence electrons. The quantitative estimate of drug-likeness (QED) is 0.763. The maximum atomic E-state index is 13.5. The minimum absolute atomic E-state index is 0.138. The third-order valence-electron chi connectivity index (χ3n) is 2.52. The first-order valence-corrected chi connectivity index (χ1v) is 5.42. The summed E-state index contributed by atoms with van der Waals surface area (Å²) < 4.78 is 26.3. The minimum Gasteiger partial charge on any atom is -0.288 e. The summed E-state index contributed by atoms with van der Waals surface area (Å²) in [6, 6.07) is 6.08. The molecule has 1 aromatic heterocycles. The largest absolute Gasteiger partial charge is 0.288 e. The molecule has 0 saturated carbocycles. The van der Waals surface area contributed by atoms with Crippen molar-refractivity contribution in [1.29, 1.82) is 0 Å². The predicted molar refractivity (Wildman–Crippen MR) is 63.5 cm³/mol. The third-order valence-corrected chi connectivity index (χ3v) is 2.52. The molecule has 0 spiro atoms. The van der Waals surface area contributed by atoms with Gasteiger partial charge < -0.3 is 0 Å². The van der Waals surface area contributed by atoms with E-state index in [2.05, 4.69) is 4.98 Å². The lowest BCUT2D eigenvalue weighted by molar-refractivity contribution is 0.103. The van der Waals surface area contributed by atoms with Gasteiger partial charge in [-0.3, -0.25) is 9.78 Å². The molecule has 0 aliphatic heterocycles. The van der Waals surface area contributed by atoms with E-state index in [0.29, 0.717) is 23.0 Å². The van der Waals surface area contributed by atoms with E-state index < -0.39 is 17.4 Å². The van der Waals surface area contributed by atoms with Gasteiger partial charge in [-0.05, 0) is 38.1 Å². The van der Waals surface area contributed by atoms with Crippen molar-refractivity contribution in [1.82, 2.24) is 4.98 Å². The second-order valence-electron chi connectivity index (χ2n) is 4.09. The van der Waals surface area contributed by atoms with Gasteiger partial charge in [-0.25, -0.2) is 8.78 Å². The van der Waals surface area contributed by atoms with Crippen LogP contribution >= 0.6 is 0 Å². The van der Waals surface area contributed by atoms with E-state index in [1.165, 1.54) is 0 Å². The molecule has 4 heteroatoms. The normalized spacial score (nSPS) is 10.4. The van der Waals surface area contributed by atoms with E-state index in [1.807, 2.05) is 0 Å². The lowest BCUT2D eigenvalue weighted by atomic mass is 10.0. The topological polar surface area (TPSA) is 30.0 Å². The predicted octanol–water partition coefficient (Wildman–Crippen LogP) is 3.21. The van der Waals surface area contributed by atoms with Crippen LogP contribution in [0.4, 0.5) is 8.78 Å². The van der Waals surface area contributed by atoms with E-state index in [1.54, 1.807) is 26.0 Å². The Morgan fingerprint density at radius 1 is 1.06 bits per heavy atom. The van der Waals surface area contributed by atoms with E-state index in [9.17, 15) is 13.6 Å². The highest BCUT2D eigenvalue weighted by Gasteiger charge is 2.15. The number of benzene rings is 1. The van der Waals surface area contributed by atoms with Gasteiger partial charge in [0, 0.05) is 23.0 Å². The van der Waals surface area contributed by atoms with Crippen LogP contribution in [0.5, 0.6) is 0 Å². The Bertz CT molecular complexity index is 603. The van der Waals surface area contributed by atoms with Crippen molar-refractivity contribution in [3.8, 4) is 0 Å². The maximum Gasteiger partial charge on any atom is 0.196 e. The van der Waals surface area contributed by atoms with Gasteiger partial charge in [0.15, 0.2) is 5.78 Å². The first-order valence-electron chi connectivity index (χ1n) is 5.42. The van der Waals surface area contributed by atoms with Crippen molar-refractivity contribution < 1.29 is 13.6 Å². The zero-order valence-electron chi connectivity index (χ0n) is 10.00. The number of aryl methyl sites for hydroxylation is 2. The Balaban J connectivity index is 2.47. The van der Waals surface area contributed by atoms with E-state index in [4.69, 9.17) is 0 Å². The second kappa shape index (κ2) is 4.64. The van der Waals surface area contributed by atoms with Crippen LogP contribution in [0.25, 0.3) is 0 Å². The van der Waals surface area contributed by atoms with Crippen LogP contribution in [-0.2, 0) is 0 Å². The molecule has 0 aliphatic carbocycles. The lowest BCUT2D eigenvalue weighted by Crippen LogP contribution is -2.06. The Morgan fingerprint density at radius 2 is 1.67 bits per heavy atom. The number of hydrogen-bond donors (Lipinski definition) is 0. The summed E-state index contributed by atoms with van der Waals surface area (Å²) in [6.07, 6.45) is 0. The molecule has 0 saturated heterocycles. The average Bonchev–Trinajstić information content (AvgIpc) is 2.26. The fraction of sp³-hybridized carbons (Fsp3) is 0.143. The van der Waals surface area contributed by atoms with Crippen LogP contribution in [0.2, 0.25) is 0 Å². The number of carbonyl (C=O) groups is 1. The first-order chi connectivity index (χ1) is 8.47. The van der Waals surface area contributed by atoms with Crippen molar-refractivity contribution >= 4 is 5.78 Å². The summed E-state index contributed by atoms with van der Waals surface area (Å²) >= 11 is 0. The summed E-state index contributed by atoms with van der Waals surface area (Å²) in [7, 11) is 0. The Hall–Kier alpha value is -2.10. The van der Waals surface area contributed by atoms with Gasteiger partial charge in [-0.2, -0.15) is 0 Å².